The first kappa shape index (κ1) is 19.8. The molecule has 1 atom stereocenters. The average Bonchev–Trinajstić information content (AvgIpc) is 2.55. The molecular weight excluding hydrogens is 328 g/mol. The van der Waals surface area contributed by atoms with Crippen molar-refractivity contribution in [2.75, 3.05) is 7.05 Å². The zero-order chi connectivity index (χ0) is 18.2. The Labute approximate surface area is 142 Å². The molecule has 4 N–H and O–H groups in total. The van der Waals surface area contributed by atoms with Crippen molar-refractivity contribution in [2.24, 2.45) is 0 Å². The van der Waals surface area contributed by atoms with E-state index >= 15 is 0 Å². The van der Waals surface area contributed by atoms with Gasteiger partial charge in [0.15, 0.2) is 6.04 Å². The fourth-order valence-electron chi connectivity index (χ4n) is 1.90. The number of carbonyl (C=O) groups excluding carboxylic acids is 1. The van der Waals surface area contributed by atoms with E-state index in [4.69, 9.17) is 0 Å². The van der Waals surface area contributed by atoms with Crippen LogP contribution in [0.1, 0.15) is 11.1 Å². The lowest BCUT2D eigenvalue weighted by atomic mass is 10.1. The quantitative estimate of drug-likeness (QED) is 0.781. The summed E-state index contributed by atoms with van der Waals surface area (Å²) in [6.45, 7) is 1.82. The molecule has 0 aliphatic carbocycles. The number of carbonyl (C=O) groups is 1. The van der Waals surface area contributed by atoms with Crippen LogP contribution in [-0.4, -0.2) is 32.0 Å². The highest BCUT2D eigenvalue weighted by atomic mass is 32.2. The largest absolute Gasteiger partial charge is 0.744 e. The van der Waals surface area contributed by atoms with Gasteiger partial charge in [-0.3, -0.25) is 4.79 Å². The monoisotopic (exact) mass is 350 g/mol. The minimum atomic E-state index is -4.27. The van der Waals surface area contributed by atoms with Gasteiger partial charge in [0.1, 0.15) is 10.1 Å². The van der Waals surface area contributed by atoms with Crippen molar-refractivity contribution in [3.05, 3.63) is 65.7 Å². The lowest BCUT2D eigenvalue weighted by molar-refractivity contribution is -0.403. The number of hydrogen-bond acceptors (Lipinski definition) is 4. The van der Waals surface area contributed by atoms with E-state index in [2.05, 4.69) is 11.1 Å². The molecule has 6 nitrogen and oxygen atoms in total. The van der Waals surface area contributed by atoms with Gasteiger partial charge in [0.2, 0.25) is 0 Å². The fourth-order valence-corrected chi connectivity index (χ4v) is 2.37. The molecule has 0 saturated carbocycles. The lowest BCUT2D eigenvalue weighted by Crippen LogP contribution is -2.68. The highest BCUT2D eigenvalue weighted by Gasteiger charge is 2.15. The van der Waals surface area contributed by atoms with E-state index in [1.165, 1.54) is 12.1 Å². The number of rotatable bonds is 4. The second-order valence-electron chi connectivity index (χ2n) is 5.27. The average molecular weight is 350 g/mol. The van der Waals surface area contributed by atoms with Gasteiger partial charge in [-0.1, -0.05) is 48.0 Å². The van der Waals surface area contributed by atoms with Crippen molar-refractivity contribution in [2.45, 2.75) is 24.3 Å². The number of nitrogens with one attached hydrogen (secondary N) is 1. The Kier molecular flexibility index (Phi) is 7.57. The summed E-state index contributed by atoms with van der Waals surface area (Å²) in [6, 6.07) is 15.5. The molecular formula is C17H22N2O4S. The molecule has 1 amide bonds. The Balaban J connectivity index is 0.000000243. The molecule has 0 aromatic heterocycles. The topological polar surface area (TPSA) is 114 Å². The van der Waals surface area contributed by atoms with Crippen LogP contribution in [0.4, 0.5) is 0 Å². The maximum absolute atomic E-state index is 11.1. The van der Waals surface area contributed by atoms with Gasteiger partial charge in [0.05, 0.1) is 4.90 Å². The van der Waals surface area contributed by atoms with Crippen LogP contribution >= 0.6 is 0 Å². The first-order chi connectivity index (χ1) is 11.2. The van der Waals surface area contributed by atoms with E-state index in [1.807, 2.05) is 37.3 Å². The number of hydrogen-bond donors (Lipinski definition) is 2. The predicted octanol–water partition coefficient (Wildman–Crippen LogP) is 0.485. The van der Waals surface area contributed by atoms with Crippen LogP contribution < -0.4 is 11.1 Å². The standard InChI is InChI=1S/C10H14N2O.C7H8O3S/c1-12-10(13)9(11)7-8-5-3-2-4-6-8;1-6-2-4-7(5-3-6)11(8,9)10/h2-6,9H,7,11H2,1H3,(H,12,13);2-5H,1H3,(H,8,9,10)/t9-;/m0./s1. The van der Waals surface area contributed by atoms with Gasteiger partial charge in [0.25, 0.3) is 5.91 Å². The number of quaternary nitrogens is 1. The zero-order valence-corrected chi connectivity index (χ0v) is 14.5. The number of likely N-dealkylation sites (N-methyl/N-ethyl adjacent to an activating group) is 1. The molecule has 0 heterocycles. The SMILES string of the molecule is CNC(=O)[C@@H]([NH3+])Cc1ccccc1.Cc1ccc(S(=O)(=O)[O-])cc1. The normalized spacial score (nSPS) is 11.8. The summed E-state index contributed by atoms with van der Waals surface area (Å²) in [7, 11) is -2.64. The Morgan fingerprint density at radius 2 is 1.67 bits per heavy atom. The van der Waals surface area contributed by atoms with Crippen molar-refractivity contribution in [3.63, 3.8) is 0 Å². The summed E-state index contributed by atoms with van der Waals surface area (Å²) in [6.07, 6.45) is 0.695. The van der Waals surface area contributed by atoms with E-state index in [0.29, 0.717) is 6.42 Å². The van der Waals surface area contributed by atoms with Crippen LogP contribution in [0, 0.1) is 6.92 Å². The molecule has 0 aliphatic heterocycles. The molecule has 2 aromatic carbocycles. The van der Waals surface area contributed by atoms with Crippen molar-refractivity contribution >= 4 is 16.0 Å². The van der Waals surface area contributed by atoms with E-state index in [1.54, 1.807) is 19.2 Å². The Morgan fingerprint density at radius 3 is 2.12 bits per heavy atom. The third kappa shape index (κ3) is 6.91. The fraction of sp³-hybridized carbons (Fsp3) is 0.235. The van der Waals surface area contributed by atoms with Crippen molar-refractivity contribution in [3.8, 4) is 0 Å². The van der Waals surface area contributed by atoms with Crippen molar-refractivity contribution in [1.29, 1.82) is 0 Å². The molecule has 0 aliphatic rings. The third-order valence-electron chi connectivity index (χ3n) is 3.25. The van der Waals surface area contributed by atoms with Crippen LogP contribution in [0.15, 0.2) is 59.5 Å². The van der Waals surface area contributed by atoms with E-state index < -0.39 is 10.1 Å². The van der Waals surface area contributed by atoms with Crippen LogP contribution in [0.3, 0.4) is 0 Å². The molecule has 0 saturated heterocycles. The molecule has 130 valence electrons. The minimum Gasteiger partial charge on any atom is -0.744 e. The van der Waals surface area contributed by atoms with Crippen LogP contribution in [0.2, 0.25) is 0 Å². The van der Waals surface area contributed by atoms with Crippen LogP contribution in [0.5, 0.6) is 0 Å². The summed E-state index contributed by atoms with van der Waals surface area (Å²) in [5, 5.41) is 2.58. The van der Waals surface area contributed by atoms with Crippen LogP contribution in [0.25, 0.3) is 0 Å². The Morgan fingerprint density at radius 1 is 1.12 bits per heavy atom. The summed E-state index contributed by atoms with van der Waals surface area (Å²) in [4.78, 5) is 11.0. The van der Waals surface area contributed by atoms with Gasteiger partial charge in [-0.15, -0.1) is 0 Å². The molecule has 2 aromatic rings. The molecule has 0 spiro atoms. The highest BCUT2D eigenvalue weighted by Crippen LogP contribution is 2.08. The smallest absolute Gasteiger partial charge is 0.278 e. The molecule has 0 bridgehead atoms. The van der Waals surface area contributed by atoms with E-state index in [0.717, 1.165) is 11.1 Å². The Hall–Kier alpha value is -2.22. The van der Waals surface area contributed by atoms with E-state index in [-0.39, 0.29) is 16.8 Å². The second-order valence-corrected chi connectivity index (χ2v) is 6.65. The van der Waals surface area contributed by atoms with Gasteiger partial charge >= 0.3 is 0 Å². The Bertz CT molecular complexity index is 744. The van der Waals surface area contributed by atoms with Gasteiger partial charge in [-0.25, -0.2) is 8.42 Å². The first-order valence-electron chi connectivity index (χ1n) is 7.35. The van der Waals surface area contributed by atoms with Gasteiger partial charge in [-0.2, -0.15) is 0 Å². The molecule has 0 radical (unpaired) electrons. The first-order valence-corrected chi connectivity index (χ1v) is 8.76. The second kappa shape index (κ2) is 9.17. The summed E-state index contributed by atoms with van der Waals surface area (Å²) >= 11 is 0. The maximum atomic E-state index is 11.1. The zero-order valence-electron chi connectivity index (χ0n) is 13.7. The number of amides is 1. The van der Waals surface area contributed by atoms with Gasteiger partial charge in [0, 0.05) is 13.5 Å². The lowest BCUT2D eigenvalue weighted by Gasteiger charge is -2.06. The van der Waals surface area contributed by atoms with Gasteiger partial charge in [-0.05, 0) is 24.6 Å². The maximum Gasteiger partial charge on any atom is 0.278 e. The summed E-state index contributed by atoms with van der Waals surface area (Å²) in [5.74, 6) is -0.0103. The summed E-state index contributed by atoms with van der Waals surface area (Å²) < 4.78 is 31.2. The molecule has 24 heavy (non-hydrogen) atoms. The molecule has 7 heteroatoms. The minimum absolute atomic E-state index is 0.0103. The highest BCUT2D eigenvalue weighted by molar-refractivity contribution is 7.85. The molecule has 0 unspecified atom stereocenters. The van der Waals surface area contributed by atoms with Crippen LogP contribution in [-0.2, 0) is 21.3 Å². The van der Waals surface area contributed by atoms with Crippen molar-refractivity contribution < 1.29 is 23.5 Å². The van der Waals surface area contributed by atoms with E-state index in [9.17, 15) is 17.8 Å². The van der Waals surface area contributed by atoms with Gasteiger partial charge < -0.3 is 15.6 Å². The van der Waals surface area contributed by atoms with Crippen molar-refractivity contribution in [1.82, 2.24) is 5.32 Å². The molecule has 0 fully saturated rings. The summed E-state index contributed by atoms with van der Waals surface area (Å²) in [5.41, 5.74) is 5.86. The molecule has 2 rings (SSSR count). The predicted molar refractivity (Wildman–Crippen MR) is 90.0 cm³/mol. The number of benzene rings is 2. The third-order valence-corrected chi connectivity index (χ3v) is 4.10. The number of aryl methyl sites for hydroxylation is 1.